The number of fused-ring (bicyclic) bond motifs is 1. The van der Waals surface area contributed by atoms with Crippen molar-refractivity contribution in [2.45, 2.75) is 25.7 Å². The number of hydrogen-bond donors (Lipinski definition) is 0. The van der Waals surface area contributed by atoms with E-state index in [9.17, 15) is 4.79 Å². The molecule has 2 fully saturated rings. The molecule has 1 aliphatic carbocycles. The van der Waals surface area contributed by atoms with E-state index in [1.165, 1.54) is 12.8 Å². The second-order valence-corrected chi connectivity index (χ2v) is 6.00. The third kappa shape index (κ3) is 2.69. The molecule has 23 heavy (non-hydrogen) atoms. The highest BCUT2D eigenvalue weighted by molar-refractivity contribution is 5.71. The van der Waals surface area contributed by atoms with Crippen molar-refractivity contribution in [2.75, 3.05) is 37.7 Å². The van der Waals surface area contributed by atoms with Crippen molar-refractivity contribution >= 4 is 17.4 Å². The van der Waals surface area contributed by atoms with Gasteiger partial charge in [0.05, 0.1) is 18.0 Å². The summed E-state index contributed by atoms with van der Waals surface area (Å²) >= 11 is 0. The van der Waals surface area contributed by atoms with Gasteiger partial charge in [-0.2, -0.15) is 9.61 Å². The molecule has 1 aliphatic heterocycles. The van der Waals surface area contributed by atoms with Crippen LogP contribution in [0.2, 0.25) is 0 Å². The van der Waals surface area contributed by atoms with Crippen LogP contribution in [0.25, 0.3) is 5.65 Å². The maximum absolute atomic E-state index is 11.8. The van der Waals surface area contributed by atoms with Gasteiger partial charge in [-0.05, 0) is 25.8 Å². The summed E-state index contributed by atoms with van der Waals surface area (Å²) in [6.45, 7) is 5.06. The first-order chi connectivity index (χ1) is 11.3. The van der Waals surface area contributed by atoms with E-state index in [2.05, 4.69) is 26.3 Å². The third-order valence-corrected chi connectivity index (χ3v) is 4.41. The molecule has 2 aliphatic rings. The molecule has 0 bridgehead atoms. The quantitative estimate of drug-likeness (QED) is 0.849. The molecule has 1 saturated heterocycles. The van der Waals surface area contributed by atoms with E-state index < -0.39 is 0 Å². The molecule has 4 rings (SSSR count). The highest BCUT2D eigenvalue weighted by Crippen LogP contribution is 2.40. The summed E-state index contributed by atoms with van der Waals surface area (Å²) < 4.78 is 6.84. The molecule has 2 aromatic rings. The number of piperazine rings is 1. The summed E-state index contributed by atoms with van der Waals surface area (Å²) in [5.74, 6) is 0.571. The Bertz CT molecular complexity index is 718. The van der Waals surface area contributed by atoms with Gasteiger partial charge in [-0.3, -0.25) is 0 Å². The zero-order valence-corrected chi connectivity index (χ0v) is 13.2. The van der Waals surface area contributed by atoms with Crippen LogP contribution in [-0.2, 0) is 4.74 Å². The van der Waals surface area contributed by atoms with E-state index in [1.54, 1.807) is 15.7 Å². The molecule has 3 heterocycles. The van der Waals surface area contributed by atoms with Gasteiger partial charge < -0.3 is 14.5 Å². The minimum Gasteiger partial charge on any atom is -0.450 e. The average molecular weight is 316 g/mol. The van der Waals surface area contributed by atoms with Crippen LogP contribution >= 0.6 is 0 Å². The fraction of sp³-hybridized carbons (Fsp3) is 0.600. The number of carbonyl (C=O) groups is 1. The Morgan fingerprint density at radius 2 is 2.09 bits per heavy atom. The van der Waals surface area contributed by atoms with Gasteiger partial charge in [0.15, 0.2) is 0 Å². The topological polar surface area (TPSA) is 75.9 Å². The smallest absolute Gasteiger partial charge is 0.409 e. The van der Waals surface area contributed by atoms with E-state index in [-0.39, 0.29) is 6.09 Å². The molecule has 122 valence electrons. The number of rotatable bonds is 3. The van der Waals surface area contributed by atoms with Crippen LogP contribution in [0.4, 0.5) is 10.5 Å². The maximum atomic E-state index is 11.8. The monoisotopic (exact) mass is 316 g/mol. The van der Waals surface area contributed by atoms with Gasteiger partial charge >= 0.3 is 6.09 Å². The minimum absolute atomic E-state index is 0.229. The lowest BCUT2D eigenvalue weighted by molar-refractivity contribution is 0.105. The highest BCUT2D eigenvalue weighted by atomic mass is 16.6. The van der Waals surface area contributed by atoms with Crippen LogP contribution < -0.4 is 4.90 Å². The van der Waals surface area contributed by atoms with Crippen LogP contribution in [0.5, 0.6) is 0 Å². The molecule has 0 unspecified atom stereocenters. The maximum Gasteiger partial charge on any atom is 0.409 e. The first-order valence-electron chi connectivity index (χ1n) is 8.14. The summed E-state index contributed by atoms with van der Waals surface area (Å²) in [6, 6.07) is 2.14. The number of ether oxygens (including phenoxy) is 1. The zero-order valence-electron chi connectivity index (χ0n) is 13.2. The van der Waals surface area contributed by atoms with Crippen LogP contribution in [0.3, 0.4) is 0 Å². The van der Waals surface area contributed by atoms with Gasteiger partial charge in [-0.15, -0.1) is 10.2 Å². The van der Waals surface area contributed by atoms with Crippen molar-refractivity contribution in [3.8, 4) is 0 Å². The van der Waals surface area contributed by atoms with Crippen molar-refractivity contribution < 1.29 is 9.53 Å². The Morgan fingerprint density at radius 1 is 1.30 bits per heavy atom. The van der Waals surface area contributed by atoms with E-state index >= 15 is 0 Å². The first-order valence-corrected chi connectivity index (χ1v) is 8.14. The van der Waals surface area contributed by atoms with E-state index in [4.69, 9.17) is 4.74 Å². The largest absolute Gasteiger partial charge is 0.450 e. The average Bonchev–Trinajstić information content (AvgIpc) is 3.32. The van der Waals surface area contributed by atoms with Gasteiger partial charge in [0, 0.05) is 32.1 Å². The van der Waals surface area contributed by atoms with Crippen LogP contribution in [-0.4, -0.2) is 63.6 Å². The Balaban J connectivity index is 1.55. The summed E-state index contributed by atoms with van der Waals surface area (Å²) in [5, 5.41) is 12.8. The summed E-state index contributed by atoms with van der Waals surface area (Å²) in [5.41, 5.74) is 2.95. The molecular weight excluding hydrogens is 296 g/mol. The fourth-order valence-corrected chi connectivity index (χ4v) is 2.99. The van der Waals surface area contributed by atoms with E-state index in [1.807, 2.05) is 6.92 Å². The molecule has 0 radical (unpaired) electrons. The number of nitrogens with zero attached hydrogens (tertiary/aromatic N) is 6. The van der Waals surface area contributed by atoms with Crippen molar-refractivity contribution in [1.82, 2.24) is 24.7 Å². The first kappa shape index (κ1) is 14.2. The van der Waals surface area contributed by atoms with Gasteiger partial charge in [0.25, 0.3) is 0 Å². The molecule has 0 aromatic carbocycles. The molecule has 2 aromatic heterocycles. The normalized spacial score (nSPS) is 18.5. The third-order valence-electron chi connectivity index (χ3n) is 4.41. The van der Waals surface area contributed by atoms with Crippen molar-refractivity contribution in [3.05, 3.63) is 18.1 Å². The predicted octanol–water partition coefficient (Wildman–Crippen LogP) is 1.28. The molecule has 8 heteroatoms. The minimum atomic E-state index is -0.229. The molecule has 0 atom stereocenters. The number of aromatic nitrogens is 4. The Kier molecular flexibility index (Phi) is 3.51. The molecule has 1 saturated carbocycles. The van der Waals surface area contributed by atoms with Crippen LogP contribution in [0.15, 0.2) is 12.4 Å². The lowest BCUT2D eigenvalue weighted by atomic mass is 10.2. The molecular formula is C15H20N6O2. The Morgan fingerprint density at radius 3 is 2.78 bits per heavy atom. The number of hydrogen-bond acceptors (Lipinski definition) is 6. The van der Waals surface area contributed by atoms with Gasteiger partial charge in [-0.25, -0.2) is 4.79 Å². The van der Waals surface area contributed by atoms with Crippen LogP contribution in [0.1, 0.15) is 31.4 Å². The van der Waals surface area contributed by atoms with Gasteiger partial charge in [0.1, 0.15) is 6.33 Å². The number of amides is 1. The zero-order chi connectivity index (χ0) is 15.8. The predicted molar refractivity (Wildman–Crippen MR) is 83.6 cm³/mol. The number of anilines is 1. The lowest BCUT2D eigenvalue weighted by Gasteiger charge is -2.35. The van der Waals surface area contributed by atoms with Gasteiger partial charge in [-0.1, -0.05) is 0 Å². The molecule has 0 spiro atoms. The van der Waals surface area contributed by atoms with Crippen molar-refractivity contribution in [2.24, 2.45) is 0 Å². The summed E-state index contributed by atoms with van der Waals surface area (Å²) in [4.78, 5) is 15.8. The van der Waals surface area contributed by atoms with Crippen LogP contribution in [0, 0.1) is 0 Å². The van der Waals surface area contributed by atoms with E-state index in [0.717, 1.165) is 30.1 Å². The van der Waals surface area contributed by atoms with Crippen molar-refractivity contribution in [3.63, 3.8) is 0 Å². The fourth-order valence-electron chi connectivity index (χ4n) is 2.99. The highest BCUT2D eigenvalue weighted by Gasteiger charge is 2.29. The number of carbonyl (C=O) groups excluding carboxylic acids is 1. The standard InChI is InChI=1S/C15H20N6O2/c1-2-23-15(22)20-7-5-19(6-8-20)13-9-12(11-3-4-11)18-21-10-16-17-14(13)21/h9-11H,2-8H2,1H3. The lowest BCUT2D eigenvalue weighted by Crippen LogP contribution is -2.49. The van der Waals surface area contributed by atoms with Crippen molar-refractivity contribution in [1.29, 1.82) is 0 Å². The second-order valence-electron chi connectivity index (χ2n) is 6.00. The Labute approximate surface area is 134 Å². The summed E-state index contributed by atoms with van der Waals surface area (Å²) in [6.07, 6.45) is 3.83. The molecule has 1 amide bonds. The van der Waals surface area contributed by atoms with E-state index in [0.29, 0.717) is 25.6 Å². The molecule has 8 nitrogen and oxygen atoms in total. The molecule has 0 N–H and O–H groups in total. The summed E-state index contributed by atoms with van der Waals surface area (Å²) in [7, 11) is 0. The Hall–Kier alpha value is -2.38. The second kappa shape index (κ2) is 5.68. The SMILES string of the molecule is CCOC(=O)N1CCN(c2cc(C3CC3)nn3cnnc23)CC1. The van der Waals surface area contributed by atoms with Gasteiger partial charge in [0.2, 0.25) is 5.65 Å².